The molecule has 30 heavy (non-hydrogen) atoms. The van der Waals surface area contributed by atoms with Gasteiger partial charge < -0.3 is 16.2 Å². The first-order valence-corrected chi connectivity index (χ1v) is 8.94. The van der Waals surface area contributed by atoms with Crippen molar-refractivity contribution in [2.24, 2.45) is 10.7 Å². The van der Waals surface area contributed by atoms with Crippen LogP contribution in [0.5, 0.6) is 0 Å². The van der Waals surface area contributed by atoms with E-state index in [1.165, 1.54) is 12.3 Å². The van der Waals surface area contributed by atoms with Gasteiger partial charge in [0.2, 0.25) is 0 Å². The van der Waals surface area contributed by atoms with E-state index in [-0.39, 0.29) is 29.1 Å². The van der Waals surface area contributed by atoms with Crippen LogP contribution in [0.1, 0.15) is 23.1 Å². The van der Waals surface area contributed by atoms with Gasteiger partial charge in [0.1, 0.15) is 5.82 Å². The number of hydrogen-bond acceptors (Lipinski definition) is 5. The molecule has 0 saturated carbocycles. The van der Waals surface area contributed by atoms with E-state index in [1.54, 1.807) is 6.07 Å². The van der Waals surface area contributed by atoms with Crippen molar-refractivity contribution >= 4 is 17.4 Å². The zero-order valence-electron chi connectivity index (χ0n) is 15.6. The van der Waals surface area contributed by atoms with E-state index < -0.39 is 30.1 Å². The van der Waals surface area contributed by atoms with Gasteiger partial charge in [0.25, 0.3) is 5.91 Å². The van der Waals surface area contributed by atoms with E-state index in [4.69, 9.17) is 5.73 Å². The summed E-state index contributed by atoms with van der Waals surface area (Å²) in [7, 11) is 0. The highest BCUT2D eigenvalue weighted by atomic mass is 19.4. The largest absolute Gasteiger partial charge is 0.416 e. The third-order valence-electron chi connectivity index (χ3n) is 4.41. The molecule has 0 aliphatic carbocycles. The number of benzene rings is 1. The van der Waals surface area contributed by atoms with Crippen LogP contribution >= 0.6 is 0 Å². The summed E-state index contributed by atoms with van der Waals surface area (Å²) in [5.74, 6) is -1.22. The van der Waals surface area contributed by atoms with E-state index in [1.807, 2.05) is 0 Å². The molecule has 0 bridgehead atoms. The molecule has 1 aromatic heterocycles. The maximum atomic E-state index is 13.6. The molecule has 2 aromatic rings. The molecule has 0 atom stereocenters. The smallest absolute Gasteiger partial charge is 0.399 e. The second-order valence-electron chi connectivity index (χ2n) is 6.67. The first kappa shape index (κ1) is 21.4. The summed E-state index contributed by atoms with van der Waals surface area (Å²) in [6.07, 6.45) is -2.83. The fraction of sp³-hybridized carbons (Fsp3) is 0.250. The predicted molar refractivity (Wildman–Crippen MR) is 101 cm³/mol. The van der Waals surface area contributed by atoms with Crippen LogP contribution in [0.15, 0.2) is 52.8 Å². The van der Waals surface area contributed by atoms with Crippen molar-refractivity contribution in [1.29, 1.82) is 0 Å². The Bertz CT molecular complexity index is 1030. The minimum Gasteiger partial charge on any atom is -0.399 e. The highest BCUT2D eigenvalue weighted by Gasteiger charge is 2.31. The Morgan fingerprint density at radius 3 is 2.70 bits per heavy atom. The Kier molecular flexibility index (Phi) is 6.16. The highest BCUT2D eigenvalue weighted by Crippen LogP contribution is 2.31. The molecule has 10 heteroatoms. The van der Waals surface area contributed by atoms with Crippen LogP contribution in [0.4, 0.5) is 23.4 Å². The molecule has 1 aliphatic heterocycles. The number of hydrogen-bond donors (Lipinski definition) is 3. The number of nitrogens with zero attached hydrogens (tertiary/aromatic N) is 2. The molecule has 158 valence electrons. The van der Waals surface area contributed by atoms with Crippen molar-refractivity contribution in [2.75, 3.05) is 13.2 Å². The number of nitrogens with two attached hydrogens (primary N) is 1. The number of aliphatic imine (C=N–C) groups is 1. The average molecular weight is 422 g/mol. The van der Waals surface area contributed by atoms with E-state index in [9.17, 15) is 27.5 Å². The number of piperidine rings is 1. The maximum Gasteiger partial charge on any atom is 0.416 e. The topological polar surface area (TPSA) is 101 Å². The third-order valence-corrected chi connectivity index (χ3v) is 4.41. The van der Waals surface area contributed by atoms with Crippen LogP contribution in [-0.2, 0) is 17.4 Å². The number of aliphatic hydroxyl groups excluding tert-OH is 1. The van der Waals surface area contributed by atoms with Crippen molar-refractivity contribution in [3.05, 3.63) is 70.3 Å². The molecular formula is C20H18F4N4O2. The Hall–Kier alpha value is -3.27. The SMILES string of the molecule is N/C(CO)=C1/C(=O)NCCC1=Nc1cc(Cc2cc(F)cc(C(F)(F)F)c2)ccn1. The molecule has 1 aliphatic rings. The number of rotatable bonds is 4. The van der Waals surface area contributed by atoms with Gasteiger partial charge in [-0.25, -0.2) is 14.4 Å². The monoisotopic (exact) mass is 422 g/mol. The van der Waals surface area contributed by atoms with Gasteiger partial charge in [-0.15, -0.1) is 0 Å². The molecule has 4 N–H and O–H groups in total. The van der Waals surface area contributed by atoms with Crippen LogP contribution in [0.2, 0.25) is 0 Å². The van der Waals surface area contributed by atoms with Gasteiger partial charge in [0.05, 0.1) is 23.5 Å². The number of carbonyl (C=O) groups excluding carboxylic acids is 1. The molecule has 1 aromatic carbocycles. The highest BCUT2D eigenvalue weighted by molar-refractivity contribution is 6.24. The van der Waals surface area contributed by atoms with Crippen molar-refractivity contribution in [3.63, 3.8) is 0 Å². The number of amides is 1. The zero-order chi connectivity index (χ0) is 21.9. The summed E-state index contributed by atoms with van der Waals surface area (Å²) in [5, 5.41) is 11.9. The molecule has 1 fully saturated rings. The van der Waals surface area contributed by atoms with Crippen LogP contribution in [-0.4, -0.2) is 34.9 Å². The van der Waals surface area contributed by atoms with Gasteiger partial charge in [0, 0.05) is 24.9 Å². The second kappa shape index (κ2) is 8.62. The zero-order valence-corrected chi connectivity index (χ0v) is 15.6. The Labute approximate surface area is 169 Å². The van der Waals surface area contributed by atoms with E-state index >= 15 is 0 Å². The van der Waals surface area contributed by atoms with E-state index in [0.29, 0.717) is 30.3 Å². The van der Waals surface area contributed by atoms with Crippen LogP contribution < -0.4 is 11.1 Å². The van der Waals surface area contributed by atoms with Gasteiger partial charge in [-0.05, 0) is 47.9 Å². The quantitative estimate of drug-likeness (QED) is 0.521. The number of carbonyl (C=O) groups is 1. The summed E-state index contributed by atoms with van der Waals surface area (Å²) in [4.78, 5) is 20.5. The number of aromatic nitrogens is 1. The first-order chi connectivity index (χ1) is 14.2. The minimum absolute atomic E-state index is 0.0263. The summed E-state index contributed by atoms with van der Waals surface area (Å²) in [6, 6.07) is 5.48. The third kappa shape index (κ3) is 5.01. The van der Waals surface area contributed by atoms with Gasteiger partial charge >= 0.3 is 6.18 Å². The maximum absolute atomic E-state index is 13.6. The summed E-state index contributed by atoms with van der Waals surface area (Å²) >= 11 is 0. The lowest BCUT2D eigenvalue weighted by Crippen LogP contribution is -2.38. The number of halogens is 4. The Morgan fingerprint density at radius 2 is 2.00 bits per heavy atom. The fourth-order valence-corrected chi connectivity index (χ4v) is 3.08. The molecule has 6 nitrogen and oxygen atoms in total. The van der Waals surface area contributed by atoms with Gasteiger partial charge in [-0.2, -0.15) is 13.2 Å². The van der Waals surface area contributed by atoms with Crippen molar-refractivity contribution in [3.8, 4) is 0 Å². The fourth-order valence-electron chi connectivity index (χ4n) is 3.08. The van der Waals surface area contributed by atoms with Gasteiger partial charge in [0.15, 0.2) is 5.82 Å². The van der Waals surface area contributed by atoms with Crippen LogP contribution in [0, 0.1) is 5.82 Å². The summed E-state index contributed by atoms with van der Waals surface area (Å²) in [6.45, 7) is -0.181. The second-order valence-corrected chi connectivity index (χ2v) is 6.67. The standard InChI is InChI=1S/C20H18F4N4O2/c21-14-7-12(6-13(9-14)20(22,23)24)5-11-1-3-26-17(8-11)28-16-2-4-27-19(30)18(16)15(25)10-29/h1,3,6-9,29H,2,4-5,10,25H2,(H,27,30)/b18-15+,28-16?. The Morgan fingerprint density at radius 1 is 1.23 bits per heavy atom. The van der Waals surface area contributed by atoms with Crippen molar-refractivity contribution in [2.45, 2.75) is 19.0 Å². The molecule has 0 radical (unpaired) electrons. The molecule has 1 saturated heterocycles. The molecule has 0 spiro atoms. The summed E-state index contributed by atoms with van der Waals surface area (Å²) < 4.78 is 52.4. The van der Waals surface area contributed by atoms with Gasteiger partial charge in [-0.3, -0.25) is 4.79 Å². The lowest BCUT2D eigenvalue weighted by Gasteiger charge is -2.19. The molecule has 3 rings (SSSR count). The number of nitrogens with one attached hydrogen (secondary N) is 1. The number of pyridine rings is 1. The van der Waals surface area contributed by atoms with E-state index in [2.05, 4.69) is 15.3 Å². The lowest BCUT2D eigenvalue weighted by molar-refractivity contribution is -0.137. The predicted octanol–water partition coefficient (Wildman–Crippen LogP) is 2.63. The van der Waals surface area contributed by atoms with Crippen LogP contribution in [0.25, 0.3) is 0 Å². The van der Waals surface area contributed by atoms with E-state index in [0.717, 1.165) is 12.1 Å². The minimum atomic E-state index is -4.65. The number of aliphatic hydroxyl groups is 1. The molecular weight excluding hydrogens is 404 g/mol. The molecule has 2 heterocycles. The van der Waals surface area contributed by atoms with Crippen LogP contribution in [0.3, 0.4) is 0 Å². The molecule has 0 unspecified atom stereocenters. The lowest BCUT2D eigenvalue weighted by atomic mass is 10.0. The normalized spacial score (nSPS) is 17.8. The summed E-state index contributed by atoms with van der Waals surface area (Å²) in [5.41, 5.74) is 5.76. The van der Waals surface area contributed by atoms with Gasteiger partial charge in [-0.1, -0.05) is 0 Å². The Balaban J connectivity index is 1.91. The first-order valence-electron chi connectivity index (χ1n) is 8.94. The van der Waals surface area contributed by atoms with Crippen molar-refractivity contribution in [1.82, 2.24) is 10.3 Å². The number of alkyl halides is 3. The van der Waals surface area contributed by atoms with Crippen molar-refractivity contribution < 1.29 is 27.5 Å². The molecule has 1 amide bonds. The average Bonchev–Trinajstić information content (AvgIpc) is 2.67.